The molecule has 0 atom stereocenters. The molecule has 0 spiro atoms. The predicted octanol–water partition coefficient (Wildman–Crippen LogP) is 2.48. The van der Waals surface area contributed by atoms with Gasteiger partial charge in [0.05, 0.1) is 6.10 Å². The van der Waals surface area contributed by atoms with Crippen molar-refractivity contribution >= 4 is 11.8 Å². The van der Waals surface area contributed by atoms with Gasteiger partial charge in [-0.15, -0.1) is 0 Å². The van der Waals surface area contributed by atoms with Gasteiger partial charge in [0.15, 0.2) is 11.5 Å². The third-order valence-corrected chi connectivity index (χ3v) is 5.98. The minimum absolute atomic E-state index is 0.0261. The summed E-state index contributed by atoms with van der Waals surface area (Å²) in [6.07, 6.45) is 5.36. The van der Waals surface area contributed by atoms with Gasteiger partial charge in [0.25, 0.3) is 0 Å². The van der Waals surface area contributed by atoms with Crippen LogP contribution in [0.5, 0.6) is 17.2 Å². The van der Waals surface area contributed by atoms with Gasteiger partial charge in [-0.1, -0.05) is 0 Å². The zero-order valence-electron chi connectivity index (χ0n) is 16.3. The molecule has 2 amide bonds. The van der Waals surface area contributed by atoms with Crippen LogP contribution < -0.4 is 19.5 Å². The molecule has 1 aromatic carbocycles. The number of hydrogen-bond donors (Lipinski definition) is 1. The number of carbonyl (C=O) groups is 2. The lowest BCUT2D eigenvalue weighted by atomic mass is 9.91. The van der Waals surface area contributed by atoms with Crippen LogP contribution in [-0.2, 0) is 9.59 Å². The molecular formula is C21H28N2O5. The molecule has 0 radical (unpaired) electrons. The van der Waals surface area contributed by atoms with E-state index in [0.29, 0.717) is 13.1 Å². The topological polar surface area (TPSA) is 77.1 Å². The smallest absolute Gasteiger partial charge is 0.231 e. The fraction of sp³-hybridized carbons (Fsp3) is 0.619. The van der Waals surface area contributed by atoms with E-state index in [1.54, 1.807) is 6.92 Å². The van der Waals surface area contributed by atoms with E-state index < -0.39 is 0 Å². The van der Waals surface area contributed by atoms with Crippen molar-refractivity contribution in [2.75, 3.05) is 19.9 Å². The number of carbonyl (C=O) groups excluding carboxylic acids is 2. The van der Waals surface area contributed by atoms with Crippen molar-refractivity contribution in [2.24, 2.45) is 5.92 Å². The standard InChI is InChI=1S/C21H28N2O5/c1-14(24)23-10-8-15(9-11-23)21(25)22-16-2-4-17(5-3-16)28-18-6-7-19-20(12-18)27-13-26-19/h6-7,12,15-17H,2-5,8-11,13H2,1H3,(H,22,25). The lowest BCUT2D eigenvalue weighted by Crippen LogP contribution is -2.46. The molecular weight excluding hydrogens is 360 g/mol. The molecule has 152 valence electrons. The Balaban J connectivity index is 1.20. The molecule has 1 saturated heterocycles. The first kappa shape index (κ1) is 18.9. The van der Waals surface area contributed by atoms with Crippen LogP contribution in [0.1, 0.15) is 45.4 Å². The molecule has 1 aromatic rings. The molecule has 0 aromatic heterocycles. The number of ether oxygens (including phenoxy) is 3. The van der Waals surface area contributed by atoms with E-state index in [-0.39, 0.29) is 36.7 Å². The molecule has 2 fully saturated rings. The maximum atomic E-state index is 12.6. The highest BCUT2D eigenvalue weighted by Crippen LogP contribution is 2.36. The van der Waals surface area contributed by atoms with Crippen LogP contribution in [0.15, 0.2) is 18.2 Å². The Labute approximate surface area is 165 Å². The number of nitrogens with one attached hydrogen (secondary N) is 1. The van der Waals surface area contributed by atoms with Gasteiger partial charge in [-0.3, -0.25) is 9.59 Å². The highest BCUT2D eigenvalue weighted by molar-refractivity contribution is 5.79. The molecule has 1 saturated carbocycles. The Hall–Kier alpha value is -2.44. The first-order valence-corrected chi connectivity index (χ1v) is 10.2. The number of fused-ring (bicyclic) bond motifs is 1. The number of hydrogen-bond acceptors (Lipinski definition) is 5. The van der Waals surface area contributed by atoms with E-state index in [1.165, 1.54) is 0 Å². The molecule has 2 heterocycles. The van der Waals surface area contributed by atoms with E-state index in [9.17, 15) is 9.59 Å². The van der Waals surface area contributed by atoms with Crippen molar-refractivity contribution in [1.29, 1.82) is 0 Å². The number of amides is 2. The molecule has 0 unspecified atom stereocenters. The predicted molar refractivity (Wildman–Crippen MR) is 102 cm³/mol. The maximum Gasteiger partial charge on any atom is 0.231 e. The largest absolute Gasteiger partial charge is 0.490 e. The van der Waals surface area contributed by atoms with Crippen molar-refractivity contribution in [1.82, 2.24) is 10.2 Å². The Bertz CT molecular complexity index is 722. The molecule has 4 rings (SSSR count). The van der Waals surface area contributed by atoms with E-state index in [1.807, 2.05) is 23.1 Å². The molecule has 0 bridgehead atoms. The fourth-order valence-electron chi connectivity index (χ4n) is 4.24. The molecule has 28 heavy (non-hydrogen) atoms. The average Bonchev–Trinajstić information content (AvgIpc) is 3.17. The monoisotopic (exact) mass is 388 g/mol. The van der Waals surface area contributed by atoms with E-state index >= 15 is 0 Å². The maximum absolute atomic E-state index is 12.6. The first-order valence-electron chi connectivity index (χ1n) is 10.2. The van der Waals surface area contributed by atoms with Gasteiger partial charge in [0.1, 0.15) is 5.75 Å². The van der Waals surface area contributed by atoms with Crippen molar-refractivity contribution < 1.29 is 23.8 Å². The number of rotatable bonds is 4. The summed E-state index contributed by atoms with van der Waals surface area (Å²) in [6.45, 7) is 3.22. The normalized spacial score (nSPS) is 24.7. The first-order chi connectivity index (χ1) is 13.6. The van der Waals surface area contributed by atoms with Gasteiger partial charge in [-0.05, 0) is 50.7 Å². The van der Waals surface area contributed by atoms with Crippen LogP contribution in [0, 0.1) is 5.92 Å². The summed E-state index contributed by atoms with van der Waals surface area (Å²) < 4.78 is 16.8. The van der Waals surface area contributed by atoms with Crippen molar-refractivity contribution in [3.63, 3.8) is 0 Å². The van der Waals surface area contributed by atoms with Gasteiger partial charge in [0.2, 0.25) is 18.6 Å². The van der Waals surface area contributed by atoms with Crippen LogP contribution in [0.25, 0.3) is 0 Å². The lowest BCUT2D eigenvalue weighted by molar-refractivity contribution is -0.134. The van der Waals surface area contributed by atoms with Gasteiger partial charge in [-0.25, -0.2) is 0 Å². The third kappa shape index (κ3) is 4.34. The summed E-state index contributed by atoms with van der Waals surface area (Å²) in [6, 6.07) is 5.88. The van der Waals surface area contributed by atoms with Crippen molar-refractivity contribution in [3.8, 4) is 17.2 Å². The molecule has 7 nitrogen and oxygen atoms in total. The minimum Gasteiger partial charge on any atom is -0.490 e. The van der Waals surface area contributed by atoms with Crippen LogP contribution >= 0.6 is 0 Å². The average molecular weight is 388 g/mol. The van der Waals surface area contributed by atoms with E-state index in [0.717, 1.165) is 55.8 Å². The second-order valence-corrected chi connectivity index (χ2v) is 7.90. The van der Waals surface area contributed by atoms with Crippen molar-refractivity contribution in [3.05, 3.63) is 18.2 Å². The third-order valence-electron chi connectivity index (χ3n) is 5.98. The Morgan fingerprint density at radius 1 is 1.04 bits per heavy atom. The lowest BCUT2D eigenvalue weighted by Gasteiger charge is -2.33. The summed E-state index contributed by atoms with van der Waals surface area (Å²) in [4.78, 5) is 25.8. The van der Waals surface area contributed by atoms with Crippen molar-refractivity contribution in [2.45, 2.75) is 57.6 Å². The minimum atomic E-state index is 0.0261. The highest BCUT2D eigenvalue weighted by atomic mass is 16.7. The molecule has 1 N–H and O–H groups in total. The van der Waals surface area contributed by atoms with Gasteiger partial charge >= 0.3 is 0 Å². The molecule has 2 aliphatic heterocycles. The van der Waals surface area contributed by atoms with E-state index in [4.69, 9.17) is 14.2 Å². The van der Waals surface area contributed by atoms with Crippen LogP contribution in [0.4, 0.5) is 0 Å². The number of nitrogens with zero attached hydrogens (tertiary/aromatic N) is 1. The summed E-state index contributed by atoms with van der Waals surface area (Å²) in [5.41, 5.74) is 0. The van der Waals surface area contributed by atoms with Crippen LogP contribution in [-0.4, -0.2) is 48.7 Å². The summed E-state index contributed by atoms with van der Waals surface area (Å²) in [5.74, 6) is 2.55. The van der Waals surface area contributed by atoms with Gasteiger partial charge in [-0.2, -0.15) is 0 Å². The molecule has 7 heteroatoms. The zero-order valence-corrected chi connectivity index (χ0v) is 16.3. The number of piperidine rings is 1. The SMILES string of the molecule is CC(=O)N1CCC(C(=O)NC2CCC(Oc3ccc4c(c3)OCO4)CC2)CC1. The van der Waals surface area contributed by atoms with Crippen LogP contribution in [0.2, 0.25) is 0 Å². The zero-order chi connectivity index (χ0) is 19.5. The molecule has 3 aliphatic rings. The summed E-state index contributed by atoms with van der Waals surface area (Å²) in [7, 11) is 0. The van der Waals surface area contributed by atoms with E-state index in [2.05, 4.69) is 5.32 Å². The second kappa shape index (κ2) is 8.29. The fourth-order valence-corrected chi connectivity index (χ4v) is 4.24. The Kier molecular flexibility index (Phi) is 5.59. The Morgan fingerprint density at radius 2 is 1.75 bits per heavy atom. The summed E-state index contributed by atoms with van der Waals surface area (Å²) in [5, 5.41) is 3.22. The number of likely N-dealkylation sites (tertiary alicyclic amines) is 1. The van der Waals surface area contributed by atoms with Gasteiger partial charge < -0.3 is 24.4 Å². The van der Waals surface area contributed by atoms with Crippen LogP contribution in [0.3, 0.4) is 0 Å². The number of benzene rings is 1. The van der Waals surface area contributed by atoms with Gasteiger partial charge in [0, 0.05) is 38.0 Å². The Morgan fingerprint density at radius 3 is 2.46 bits per heavy atom. The summed E-state index contributed by atoms with van der Waals surface area (Å²) >= 11 is 0. The second-order valence-electron chi connectivity index (χ2n) is 7.90. The molecule has 1 aliphatic carbocycles. The quantitative estimate of drug-likeness (QED) is 0.858. The highest BCUT2D eigenvalue weighted by Gasteiger charge is 2.29.